The van der Waals surface area contributed by atoms with Crippen LogP contribution >= 0.6 is 23.2 Å². The number of hydrogen-bond acceptors (Lipinski definition) is 2. The van der Waals surface area contributed by atoms with Gasteiger partial charge in [0.2, 0.25) is 0 Å². The largest absolute Gasteiger partial charge is 0.417 e. The fourth-order valence-corrected chi connectivity index (χ4v) is 3.14. The lowest BCUT2D eigenvalue weighted by atomic mass is 10.1. The van der Waals surface area contributed by atoms with Crippen LogP contribution in [-0.4, -0.2) is 14.8 Å². The maximum Gasteiger partial charge on any atom is 0.417 e. The highest BCUT2D eigenvalue weighted by Gasteiger charge is 2.35. The van der Waals surface area contributed by atoms with Gasteiger partial charge in [0, 0.05) is 12.1 Å². The molecule has 0 aliphatic heterocycles. The smallest absolute Gasteiger partial charge is 0.247 e. The molecule has 0 aliphatic rings. The van der Waals surface area contributed by atoms with E-state index in [4.69, 9.17) is 23.2 Å². The number of nitrogens with zero attached hydrogens (tertiary/aromatic N) is 3. The van der Waals surface area contributed by atoms with Crippen LogP contribution in [0, 0.1) is 6.92 Å². The average molecular weight is 402 g/mol. The third kappa shape index (κ3) is 3.53. The Kier molecular flexibility index (Phi) is 5.17. The summed E-state index contributed by atoms with van der Waals surface area (Å²) in [7, 11) is 0. The van der Waals surface area contributed by atoms with E-state index in [0.29, 0.717) is 22.8 Å². The number of unbranched alkanes of at least 4 members (excludes halogenated alkanes) is 1. The molecule has 26 heavy (non-hydrogen) atoms. The van der Waals surface area contributed by atoms with Crippen molar-refractivity contribution < 1.29 is 13.2 Å². The van der Waals surface area contributed by atoms with Gasteiger partial charge in [-0.25, -0.2) is 9.67 Å². The molecule has 8 heteroatoms. The van der Waals surface area contributed by atoms with E-state index in [1.54, 1.807) is 17.7 Å². The van der Waals surface area contributed by atoms with Crippen molar-refractivity contribution in [2.24, 2.45) is 0 Å². The molecule has 0 saturated carbocycles. The van der Waals surface area contributed by atoms with E-state index in [9.17, 15) is 13.2 Å². The predicted octanol–water partition coefficient (Wildman–Crippen LogP) is 6.53. The molecule has 3 rings (SSSR count). The minimum atomic E-state index is -4.52. The third-order valence-corrected chi connectivity index (χ3v) is 4.86. The second-order valence-corrected chi connectivity index (χ2v) is 6.86. The lowest BCUT2D eigenvalue weighted by Gasteiger charge is -2.12. The number of hydrogen-bond donors (Lipinski definition) is 0. The first-order valence-corrected chi connectivity index (χ1v) is 8.88. The Morgan fingerprint density at radius 2 is 1.85 bits per heavy atom. The zero-order chi connectivity index (χ0) is 19.1. The Balaban J connectivity index is 2.29. The molecule has 2 heterocycles. The summed E-state index contributed by atoms with van der Waals surface area (Å²) in [4.78, 5) is 4.46. The normalized spacial score (nSPS) is 12.1. The van der Waals surface area contributed by atoms with Crippen molar-refractivity contribution in [3.05, 3.63) is 45.6 Å². The summed E-state index contributed by atoms with van der Waals surface area (Å²) in [5.41, 5.74) is 0.445. The lowest BCUT2D eigenvalue weighted by Crippen LogP contribution is -2.08. The quantitative estimate of drug-likeness (QED) is 0.497. The van der Waals surface area contributed by atoms with Crippen molar-refractivity contribution in [1.29, 1.82) is 0 Å². The van der Waals surface area contributed by atoms with Crippen LogP contribution in [0.25, 0.3) is 22.3 Å². The first kappa shape index (κ1) is 19.0. The summed E-state index contributed by atoms with van der Waals surface area (Å²) < 4.78 is 42.6. The van der Waals surface area contributed by atoms with Gasteiger partial charge in [0.25, 0.3) is 0 Å². The molecule has 0 unspecified atom stereocenters. The predicted molar refractivity (Wildman–Crippen MR) is 97.6 cm³/mol. The lowest BCUT2D eigenvalue weighted by molar-refractivity contribution is -0.136. The fourth-order valence-electron chi connectivity index (χ4n) is 2.84. The number of aryl methyl sites for hydroxylation is 2. The highest BCUT2D eigenvalue weighted by atomic mass is 35.5. The van der Waals surface area contributed by atoms with Gasteiger partial charge in [-0.1, -0.05) is 42.6 Å². The molecule has 3 aromatic rings. The molecular formula is C18H16Cl2F3N3. The first-order chi connectivity index (χ1) is 12.2. The highest BCUT2D eigenvalue weighted by molar-refractivity contribution is 6.42. The van der Waals surface area contributed by atoms with Crippen LogP contribution in [0.15, 0.2) is 24.3 Å². The maximum absolute atomic E-state index is 13.7. The van der Waals surface area contributed by atoms with Crippen molar-refractivity contribution in [3.8, 4) is 11.3 Å². The molecule has 0 bridgehead atoms. The summed E-state index contributed by atoms with van der Waals surface area (Å²) >= 11 is 11.9. The number of fused-ring (bicyclic) bond motifs is 1. The summed E-state index contributed by atoms with van der Waals surface area (Å²) in [5, 5.41) is 4.90. The van der Waals surface area contributed by atoms with E-state index in [0.717, 1.165) is 18.9 Å². The van der Waals surface area contributed by atoms with Gasteiger partial charge in [0.15, 0.2) is 5.65 Å². The fraction of sp³-hybridized carbons (Fsp3) is 0.333. The van der Waals surface area contributed by atoms with E-state index < -0.39 is 11.7 Å². The molecule has 0 fully saturated rings. The van der Waals surface area contributed by atoms with Gasteiger partial charge in [-0.2, -0.15) is 18.3 Å². The molecule has 0 N–H and O–H groups in total. The standard InChI is InChI=1S/C18H16Cl2F3N3/c1-3-4-7-26-17-16(10(2)25-26)12(18(21,22)23)9-15(24-17)11-5-6-13(19)14(20)8-11/h5-6,8-9H,3-4,7H2,1-2H3. The van der Waals surface area contributed by atoms with Crippen LogP contribution in [0.5, 0.6) is 0 Å². The van der Waals surface area contributed by atoms with Crippen LogP contribution in [0.4, 0.5) is 13.2 Å². The second kappa shape index (κ2) is 7.08. The van der Waals surface area contributed by atoms with Crippen molar-refractivity contribution in [2.75, 3.05) is 0 Å². The van der Waals surface area contributed by atoms with Crippen molar-refractivity contribution in [2.45, 2.75) is 39.4 Å². The number of halogens is 5. The molecule has 2 aromatic heterocycles. The third-order valence-electron chi connectivity index (χ3n) is 4.12. The molecule has 0 amide bonds. The van der Waals surface area contributed by atoms with Gasteiger partial charge in [-0.15, -0.1) is 0 Å². The topological polar surface area (TPSA) is 30.7 Å². The number of benzene rings is 1. The molecule has 0 radical (unpaired) electrons. The van der Waals surface area contributed by atoms with Crippen molar-refractivity contribution in [3.63, 3.8) is 0 Å². The van der Waals surface area contributed by atoms with Crippen LogP contribution in [0.1, 0.15) is 31.0 Å². The molecule has 0 aliphatic carbocycles. The number of pyridine rings is 1. The van der Waals surface area contributed by atoms with E-state index in [-0.39, 0.29) is 21.7 Å². The van der Waals surface area contributed by atoms with E-state index >= 15 is 0 Å². The van der Waals surface area contributed by atoms with Gasteiger partial charge in [0.05, 0.1) is 32.4 Å². The summed E-state index contributed by atoms with van der Waals surface area (Å²) in [6.07, 6.45) is -2.81. The minimum absolute atomic E-state index is 0.0393. The Bertz CT molecular complexity index is 964. The Morgan fingerprint density at radius 1 is 1.12 bits per heavy atom. The van der Waals surface area contributed by atoms with Crippen LogP contribution < -0.4 is 0 Å². The molecule has 0 spiro atoms. The van der Waals surface area contributed by atoms with Crippen LogP contribution in [0.2, 0.25) is 10.0 Å². The summed E-state index contributed by atoms with van der Waals surface area (Å²) in [6.45, 7) is 4.09. The zero-order valence-corrected chi connectivity index (χ0v) is 15.7. The first-order valence-electron chi connectivity index (χ1n) is 8.13. The van der Waals surface area contributed by atoms with Gasteiger partial charge in [-0.3, -0.25) is 0 Å². The minimum Gasteiger partial charge on any atom is -0.247 e. The Hall–Kier alpha value is -1.79. The van der Waals surface area contributed by atoms with Crippen LogP contribution in [0.3, 0.4) is 0 Å². The summed E-state index contributed by atoms with van der Waals surface area (Å²) in [5.74, 6) is 0. The monoisotopic (exact) mass is 401 g/mol. The molecule has 1 aromatic carbocycles. The SMILES string of the molecule is CCCCn1nc(C)c2c(C(F)(F)F)cc(-c3ccc(Cl)c(Cl)c3)nc21. The van der Waals surface area contributed by atoms with Crippen molar-refractivity contribution in [1.82, 2.24) is 14.8 Å². The average Bonchev–Trinajstić information content (AvgIpc) is 2.90. The number of alkyl halides is 3. The van der Waals surface area contributed by atoms with Crippen molar-refractivity contribution >= 4 is 34.2 Å². The van der Waals surface area contributed by atoms with Gasteiger partial charge in [0.1, 0.15) is 0 Å². The van der Waals surface area contributed by atoms with Gasteiger partial charge < -0.3 is 0 Å². The Labute approximate surface area is 158 Å². The molecule has 138 valence electrons. The van der Waals surface area contributed by atoms with Gasteiger partial charge in [-0.05, 0) is 31.5 Å². The zero-order valence-electron chi connectivity index (χ0n) is 14.2. The number of aromatic nitrogens is 3. The molecular weight excluding hydrogens is 386 g/mol. The molecule has 0 atom stereocenters. The Morgan fingerprint density at radius 3 is 2.46 bits per heavy atom. The maximum atomic E-state index is 13.7. The number of rotatable bonds is 4. The summed E-state index contributed by atoms with van der Waals surface area (Å²) in [6, 6.07) is 5.69. The van der Waals surface area contributed by atoms with E-state index in [2.05, 4.69) is 10.1 Å². The van der Waals surface area contributed by atoms with E-state index in [1.807, 2.05) is 6.92 Å². The van der Waals surface area contributed by atoms with Gasteiger partial charge >= 0.3 is 6.18 Å². The molecule has 0 saturated heterocycles. The molecule has 3 nitrogen and oxygen atoms in total. The van der Waals surface area contributed by atoms with Crippen LogP contribution in [-0.2, 0) is 12.7 Å². The second-order valence-electron chi connectivity index (χ2n) is 6.04. The highest BCUT2D eigenvalue weighted by Crippen LogP contribution is 2.38. The van der Waals surface area contributed by atoms with E-state index in [1.165, 1.54) is 12.1 Å².